The Morgan fingerprint density at radius 2 is 2.11 bits per heavy atom. The molecule has 0 radical (unpaired) electrons. The fourth-order valence-electron chi connectivity index (χ4n) is 1.94. The molecule has 90 valence electrons. The number of aryl methyl sites for hydroxylation is 1. The van der Waals surface area contributed by atoms with Gasteiger partial charge in [-0.25, -0.2) is 4.52 Å². The fourth-order valence-corrected chi connectivity index (χ4v) is 1.94. The van der Waals surface area contributed by atoms with Gasteiger partial charge >= 0.3 is 0 Å². The number of rotatable bonds is 2. The van der Waals surface area contributed by atoms with E-state index in [1.165, 1.54) is 0 Å². The van der Waals surface area contributed by atoms with Crippen LogP contribution in [0.15, 0.2) is 43.1 Å². The van der Waals surface area contributed by atoms with Crippen LogP contribution in [0, 0.1) is 6.92 Å². The van der Waals surface area contributed by atoms with Gasteiger partial charge in [-0.15, -0.1) is 0 Å². The second kappa shape index (κ2) is 4.19. The Bertz CT molecular complexity index is 671. The highest BCUT2D eigenvalue weighted by atomic mass is 15.2. The molecule has 3 heterocycles. The smallest absolute Gasteiger partial charge is 0.0896 e. The highest BCUT2D eigenvalue weighted by Gasteiger charge is 2.14. The first-order chi connectivity index (χ1) is 8.75. The minimum atomic E-state index is -0.236. The maximum Gasteiger partial charge on any atom is 0.0896 e. The van der Waals surface area contributed by atoms with Crippen LogP contribution in [0.3, 0.4) is 0 Å². The van der Waals surface area contributed by atoms with Gasteiger partial charge in [0.1, 0.15) is 0 Å². The van der Waals surface area contributed by atoms with E-state index in [2.05, 4.69) is 15.1 Å². The van der Waals surface area contributed by atoms with E-state index in [4.69, 9.17) is 5.73 Å². The number of pyridine rings is 1. The van der Waals surface area contributed by atoms with Crippen molar-refractivity contribution in [3.63, 3.8) is 0 Å². The normalized spacial score (nSPS) is 12.8. The zero-order chi connectivity index (χ0) is 12.5. The monoisotopic (exact) mass is 239 g/mol. The van der Waals surface area contributed by atoms with Crippen molar-refractivity contribution < 1.29 is 0 Å². The van der Waals surface area contributed by atoms with E-state index < -0.39 is 0 Å². The number of nitrogens with two attached hydrogens (primary N) is 1. The molecule has 0 aliphatic rings. The van der Waals surface area contributed by atoms with E-state index in [1.54, 1.807) is 35.5 Å². The van der Waals surface area contributed by atoms with Gasteiger partial charge in [0, 0.05) is 29.8 Å². The van der Waals surface area contributed by atoms with Crippen molar-refractivity contribution in [2.45, 2.75) is 13.0 Å². The highest BCUT2D eigenvalue weighted by Crippen LogP contribution is 2.22. The van der Waals surface area contributed by atoms with Crippen LogP contribution in [-0.2, 0) is 0 Å². The summed E-state index contributed by atoms with van der Waals surface area (Å²) >= 11 is 0. The van der Waals surface area contributed by atoms with E-state index in [0.717, 1.165) is 22.3 Å². The predicted octanol–water partition coefficient (Wildman–Crippen LogP) is 1.48. The molecule has 18 heavy (non-hydrogen) atoms. The molecule has 0 spiro atoms. The number of fused-ring (bicyclic) bond motifs is 1. The SMILES string of the molecule is Cc1ccc(C(N)c2cnn3ccncc23)cn1. The molecule has 3 aromatic rings. The lowest BCUT2D eigenvalue weighted by Crippen LogP contribution is -2.12. The van der Waals surface area contributed by atoms with Crippen molar-refractivity contribution in [2.75, 3.05) is 0 Å². The van der Waals surface area contributed by atoms with Crippen LogP contribution in [0.2, 0.25) is 0 Å². The van der Waals surface area contributed by atoms with Gasteiger partial charge in [-0.05, 0) is 18.6 Å². The van der Waals surface area contributed by atoms with Crippen molar-refractivity contribution in [1.82, 2.24) is 19.6 Å². The summed E-state index contributed by atoms with van der Waals surface area (Å²) in [4.78, 5) is 8.37. The van der Waals surface area contributed by atoms with Crippen molar-refractivity contribution >= 4 is 5.52 Å². The van der Waals surface area contributed by atoms with Gasteiger partial charge in [0.2, 0.25) is 0 Å². The van der Waals surface area contributed by atoms with Crippen molar-refractivity contribution in [1.29, 1.82) is 0 Å². The molecule has 0 saturated heterocycles. The molecule has 5 heteroatoms. The largest absolute Gasteiger partial charge is 0.320 e. The zero-order valence-corrected chi connectivity index (χ0v) is 9.99. The summed E-state index contributed by atoms with van der Waals surface area (Å²) in [6.45, 7) is 1.95. The first-order valence-corrected chi connectivity index (χ1v) is 5.71. The van der Waals surface area contributed by atoms with Gasteiger partial charge in [0.05, 0.1) is 24.0 Å². The number of nitrogens with zero attached hydrogens (tertiary/aromatic N) is 4. The van der Waals surface area contributed by atoms with Crippen molar-refractivity contribution in [3.8, 4) is 0 Å². The van der Waals surface area contributed by atoms with Crippen LogP contribution in [0.5, 0.6) is 0 Å². The first kappa shape index (κ1) is 10.9. The minimum Gasteiger partial charge on any atom is -0.320 e. The second-order valence-corrected chi connectivity index (χ2v) is 4.22. The fraction of sp³-hybridized carbons (Fsp3) is 0.154. The maximum atomic E-state index is 6.26. The lowest BCUT2D eigenvalue weighted by atomic mass is 10.0. The molecular weight excluding hydrogens is 226 g/mol. The molecule has 0 saturated carbocycles. The van der Waals surface area contributed by atoms with Gasteiger partial charge in [-0.1, -0.05) is 6.07 Å². The molecule has 0 bridgehead atoms. The summed E-state index contributed by atoms with van der Waals surface area (Å²) < 4.78 is 1.77. The lowest BCUT2D eigenvalue weighted by Gasteiger charge is -2.10. The molecule has 0 fully saturated rings. The van der Waals surface area contributed by atoms with Crippen LogP contribution in [0.1, 0.15) is 22.9 Å². The Morgan fingerprint density at radius 1 is 1.22 bits per heavy atom. The number of hydrogen-bond donors (Lipinski definition) is 1. The Morgan fingerprint density at radius 3 is 2.89 bits per heavy atom. The van der Waals surface area contributed by atoms with Crippen LogP contribution in [0.4, 0.5) is 0 Å². The summed E-state index contributed by atoms with van der Waals surface area (Å²) in [5.74, 6) is 0. The first-order valence-electron chi connectivity index (χ1n) is 5.71. The summed E-state index contributed by atoms with van der Waals surface area (Å²) in [6, 6.07) is 3.71. The number of hydrogen-bond acceptors (Lipinski definition) is 4. The third-order valence-electron chi connectivity index (χ3n) is 2.98. The molecule has 3 rings (SSSR count). The van der Waals surface area contributed by atoms with Gasteiger partial charge < -0.3 is 5.73 Å². The summed E-state index contributed by atoms with van der Waals surface area (Å²) in [7, 11) is 0. The third kappa shape index (κ3) is 1.74. The van der Waals surface area contributed by atoms with Gasteiger partial charge in [-0.2, -0.15) is 5.10 Å². The second-order valence-electron chi connectivity index (χ2n) is 4.22. The average molecular weight is 239 g/mol. The van der Waals surface area contributed by atoms with Crippen LogP contribution >= 0.6 is 0 Å². The Kier molecular flexibility index (Phi) is 2.53. The number of aromatic nitrogens is 4. The third-order valence-corrected chi connectivity index (χ3v) is 2.98. The molecule has 5 nitrogen and oxygen atoms in total. The summed E-state index contributed by atoms with van der Waals surface area (Å²) in [5.41, 5.74) is 10.1. The lowest BCUT2D eigenvalue weighted by molar-refractivity contribution is 0.868. The molecular formula is C13H13N5. The Balaban J connectivity index is 2.06. The van der Waals surface area contributed by atoms with Crippen molar-refractivity contribution in [3.05, 3.63) is 59.9 Å². The molecule has 0 aliphatic carbocycles. The van der Waals surface area contributed by atoms with Gasteiger partial charge in [0.15, 0.2) is 0 Å². The average Bonchev–Trinajstić information content (AvgIpc) is 2.82. The van der Waals surface area contributed by atoms with Crippen molar-refractivity contribution in [2.24, 2.45) is 5.73 Å². The molecule has 1 atom stereocenters. The van der Waals surface area contributed by atoms with E-state index in [0.29, 0.717) is 0 Å². The van der Waals surface area contributed by atoms with Crippen LogP contribution < -0.4 is 5.73 Å². The Hall–Kier alpha value is -2.27. The zero-order valence-electron chi connectivity index (χ0n) is 9.99. The van der Waals surface area contributed by atoms with Crippen LogP contribution in [-0.4, -0.2) is 19.6 Å². The Labute approximate surface area is 104 Å². The minimum absolute atomic E-state index is 0.236. The standard InChI is InChI=1S/C13H13N5/c1-9-2-3-10(6-16-9)13(14)11-7-17-18-5-4-15-8-12(11)18/h2-8,13H,14H2,1H3. The molecule has 1 unspecified atom stereocenters. The molecule has 3 aromatic heterocycles. The van der Waals surface area contributed by atoms with Crippen LogP contribution in [0.25, 0.3) is 5.52 Å². The maximum absolute atomic E-state index is 6.26. The molecule has 2 N–H and O–H groups in total. The topological polar surface area (TPSA) is 69.1 Å². The van der Waals surface area contributed by atoms with Gasteiger partial charge in [0.25, 0.3) is 0 Å². The van der Waals surface area contributed by atoms with E-state index in [9.17, 15) is 0 Å². The quantitative estimate of drug-likeness (QED) is 0.735. The van der Waals surface area contributed by atoms with E-state index >= 15 is 0 Å². The molecule has 0 aromatic carbocycles. The molecule has 0 amide bonds. The highest BCUT2D eigenvalue weighted by molar-refractivity contribution is 5.55. The van der Waals surface area contributed by atoms with E-state index in [-0.39, 0.29) is 6.04 Å². The summed E-state index contributed by atoms with van der Waals surface area (Å²) in [5, 5.41) is 4.26. The predicted molar refractivity (Wildman–Crippen MR) is 68.0 cm³/mol. The van der Waals surface area contributed by atoms with E-state index in [1.807, 2.05) is 19.1 Å². The summed E-state index contributed by atoms with van der Waals surface area (Å²) in [6.07, 6.45) is 8.85. The van der Waals surface area contributed by atoms with Gasteiger partial charge in [-0.3, -0.25) is 9.97 Å². The molecule has 0 aliphatic heterocycles.